The van der Waals surface area contributed by atoms with Gasteiger partial charge in [-0.15, -0.1) is 0 Å². The molecule has 0 aliphatic heterocycles. The van der Waals surface area contributed by atoms with Crippen LogP contribution in [-0.4, -0.2) is 12.5 Å². The SMILES string of the molecule is NC(=O)COc1ccc(CNc2ccc(Br)cc2F)cc1. The molecule has 110 valence electrons. The molecule has 0 saturated heterocycles. The van der Waals surface area contributed by atoms with E-state index in [4.69, 9.17) is 10.5 Å². The van der Waals surface area contributed by atoms with Crippen molar-refractivity contribution in [1.82, 2.24) is 0 Å². The number of rotatable bonds is 6. The van der Waals surface area contributed by atoms with Crippen LogP contribution in [0.4, 0.5) is 10.1 Å². The van der Waals surface area contributed by atoms with E-state index in [1.165, 1.54) is 6.07 Å². The fourth-order valence-electron chi connectivity index (χ4n) is 1.69. The fourth-order valence-corrected chi connectivity index (χ4v) is 2.02. The molecule has 21 heavy (non-hydrogen) atoms. The number of halogens is 2. The van der Waals surface area contributed by atoms with Gasteiger partial charge in [0.05, 0.1) is 5.69 Å². The first-order chi connectivity index (χ1) is 10.0. The van der Waals surface area contributed by atoms with Gasteiger partial charge in [0.25, 0.3) is 5.91 Å². The first kappa shape index (κ1) is 15.3. The van der Waals surface area contributed by atoms with E-state index in [1.807, 2.05) is 12.1 Å². The average molecular weight is 353 g/mol. The molecular weight excluding hydrogens is 339 g/mol. The molecule has 4 nitrogen and oxygen atoms in total. The Morgan fingerprint density at radius 2 is 1.95 bits per heavy atom. The summed E-state index contributed by atoms with van der Waals surface area (Å²) in [5, 5.41) is 3.02. The van der Waals surface area contributed by atoms with E-state index >= 15 is 0 Å². The van der Waals surface area contributed by atoms with E-state index in [1.54, 1.807) is 24.3 Å². The van der Waals surface area contributed by atoms with Gasteiger partial charge in [0, 0.05) is 11.0 Å². The minimum atomic E-state index is -0.522. The number of nitrogens with two attached hydrogens (primary N) is 1. The lowest BCUT2D eigenvalue weighted by Crippen LogP contribution is -2.19. The van der Waals surface area contributed by atoms with Crippen LogP contribution in [0.3, 0.4) is 0 Å². The van der Waals surface area contributed by atoms with Gasteiger partial charge >= 0.3 is 0 Å². The fraction of sp³-hybridized carbons (Fsp3) is 0.133. The average Bonchev–Trinajstić information content (AvgIpc) is 2.45. The van der Waals surface area contributed by atoms with E-state index in [0.717, 1.165) is 5.56 Å². The summed E-state index contributed by atoms with van der Waals surface area (Å²) in [6.45, 7) is 0.330. The van der Waals surface area contributed by atoms with Crippen LogP contribution in [0.1, 0.15) is 5.56 Å². The Bertz CT molecular complexity index is 632. The topological polar surface area (TPSA) is 64.4 Å². The van der Waals surface area contributed by atoms with Gasteiger partial charge in [-0.3, -0.25) is 4.79 Å². The van der Waals surface area contributed by atoms with E-state index < -0.39 is 5.91 Å². The molecule has 0 bridgehead atoms. The Labute approximate surface area is 130 Å². The minimum absolute atomic E-state index is 0.151. The molecule has 2 rings (SSSR count). The van der Waals surface area contributed by atoms with Crippen molar-refractivity contribution < 1.29 is 13.9 Å². The Morgan fingerprint density at radius 3 is 2.57 bits per heavy atom. The lowest BCUT2D eigenvalue weighted by Gasteiger charge is -2.09. The number of nitrogens with one attached hydrogen (secondary N) is 1. The second kappa shape index (κ2) is 7.08. The highest BCUT2D eigenvalue weighted by Crippen LogP contribution is 2.20. The van der Waals surface area contributed by atoms with Gasteiger partial charge in [-0.2, -0.15) is 0 Å². The molecule has 0 aliphatic rings. The zero-order valence-electron chi connectivity index (χ0n) is 11.1. The first-order valence-electron chi connectivity index (χ1n) is 6.23. The summed E-state index contributed by atoms with van der Waals surface area (Å²) in [6, 6.07) is 12.0. The molecular formula is C15H14BrFN2O2. The number of hydrogen-bond acceptors (Lipinski definition) is 3. The highest BCUT2D eigenvalue weighted by atomic mass is 79.9. The third-order valence-electron chi connectivity index (χ3n) is 2.72. The molecule has 2 aromatic rings. The van der Waals surface area contributed by atoms with Crippen molar-refractivity contribution in [3.05, 3.63) is 58.3 Å². The molecule has 0 heterocycles. The Kier molecular flexibility index (Phi) is 5.16. The van der Waals surface area contributed by atoms with E-state index in [0.29, 0.717) is 22.5 Å². The molecule has 3 N–H and O–H groups in total. The van der Waals surface area contributed by atoms with Gasteiger partial charge < -0.3 is 15.8 Å². The third kappa shape index (κ3) is 4.75. The Hall–Kier alpha value is -2.08. The normalized spacial score (nSPS) is 10.2. The quantitative estimate of drug-likeness (QED) is 0.839. The summed E-state index contributed by atoms with van der Waals surface area (Å²) in [5.41, 5.74) is 6.39. The summed E-state index contributed by atoms with van der Waals surface area (Å²) >= 11 is 3.21. The third-order valence-corrected chi connectivity index (χ3v) is 3.21. The smallest absolute Gasteiger partial charge is 0.255 e. The predicted octanol–water partition coefficient (Wildman–Crippen LogP) is 3.06. The van der Waals surface area contributed by atoms with E-state index in [-0.39, 0.29) is 12.4 Å². The van der Waals surface area contributed by atoms with E-state index in [9.17, 15) is 9.18 Å². The first-order valence-corrected chi connectivity index (χ1v) is 7.03. The minimum Gasteiger partial charge on any atom is -0.484 e. The lowest BCUT2D eigenvalue weighted by atomic mass is 10.2. The summed E-state index contributed by atoms with van der Waals surface area (Å²) in [6.07, 6.45) is 0. The van der Waals surface area contributed by atoms with Crippen LogP contribution < -0.4 is 15.8 Å². The summed E-state index contributed by atoms with van der Waals surface area (Å²) < 4.78 is 19.5. The number of amides is 1. The predicted molar refractivity (Wildman–Crippen MR) is 82.6 cm³/mol. The standard InChI is InChI=1S/C15H14BrFN2O2/c16-11-3-6-14(13(17)7-11)19-8-10-1-4-12(5-2-10)21-9-15(18)20/h1-7,19H,8-9H2,(H2,18,20). The van der Waals surface area contributed by atoms with Gasteiger partial charge in [0.15, 0.2) is 6.61 Å². The van der Waals surface area contributed by atoms with Gasteiger partial charge in [-0.1, -0.05) is 28.1 Å². The maximum absolute atomic E-state index is 13.6. The molecule has 2 aromatic carbocycles. The van der Waals surface area contributed by atoms with Crippen LogP contribution in [0.2, 0.25) is 0 Å². The number of carbonyl (C=O) groups is 1. The number of benzene rings is 2. The van der Waals surface area contributed by atoms with Crippen molar-refractivity contribution in [2.75, 3.05) is 11.9 Å². The molecule has 0 saturated carbocycles. The van der Waals surface area contributed by atoms with Crippen LogP contribution in [0, 0.1) is 5.82 Å². The van der Waals surface area contributed by atoms with Crippen LogP contribution in [-0.2, 0) is 11.3 Å². The zero-order chi connectivity index (χ0) is 15.2. The van der Waals surface area contributed by atoms with Gasteiger partial charge in [-0.05, 0) is 35.9 Å². The van der Waals surface area contributed by atoms with Crippen molar-refractivity contribution in [1.29, 1.82) is 0 Å². The highest BCUT2D eigenvalue weighted by Gasteiger charge is 2.03. The number of hydrogen-bond donors (Lipinski definition) is 2. The number of anilines is 1. The van der Waals surface area contributed by atoms with Gasteiger partial charge in [-0.25, -0.2) is 4.39 Å². The Balaban J connectivity index is 1.92. The van der Waals surface area contributed by atoms with Crippen LogP contribution in [0.15, 0.2) is 46.9 Å². The summed E-state index contributed by atoms with van der Waals surface area (Å²) in [5.74, 6) is -0.274. The lowest BCUT2D eigenvalue weighted by molar-refractivity contribution is -0.119. The molecule has 0 atom stereocenters. The monoisotopic (exact) mass is 352 g/mol. The van der Waals surface area contributed by atoms with Crippen molar-refractivity contribution in [2.24, 2.45) is 5.73 Å². The van der Waals surface area contributed by atoms with Crippen molar-refractivity contribution >= 4 is 27.5 Å². The molecule has 1 amide bonds. The maximum Gasteiger partial charge on any atom is 0.255 e. The number of primary amides is 1. The molecule has 0 aromatic heterocycles. The molecule has 0 aliphatic carbocycles. The molecule has 0 spiro atoms. The molecule has 0 fully saturated rings. The summed E-state index contributed by atoms with van der Waals surface area (Å²) in [7, 11) is 0. The van der Waals surface area contributed by atoms with Crippen molar-refractivity contribution in [3.8, 4) is 5.75 Å². The molecule has 0 unspecified atom stereocenters. The second-order valence-corrected chi connectivity index (χ2v) is 5.29. The zero-order valence-corrected chi connectivity index (χ0v) is 12.7. The molecule has 0 radical (unpaired) electrons. The molecule has 6 heteroatoms. The Morgan fingerprint density at radius 1 is 1.24 bits per heavy atom. The number of carbonyl (C=O) groups excluding carboxylic acids is 1. The summed E-state index contributed by atoms with van der Waals surface area (Å²) in [4.78, 5) is 10.6. The maximum atomic E-state index is 13.6. The van der Waals surface area contributed by atoms with Crippen molar-refractivity contribution in [3.63, 3.8) is 0 Å². The van der Waals surface area contributed by atoms with Crippen molar-refractivity contribution in [2.45, 2.75) is 6.54 Å². The van der Waals surface area contributed by atoms with Gasteiger partial charge in [0.1, 0.15) is 11.6 Å². The van der Waals surface area contributed by atoms with Crippen LogP contribution >= 0.6 is 15.9 Å². The van der Waals surface area contributed by atoms with Gasteiger partial charge in [0.2, 0.25) is 0 Å². The second-order valence-electron chi connectivity index (χ2n) is 4.38. The number of ether oxygens (including phenoxy) is 1. The van der Waals surface area contributed by atoms with Crippen LogP contribution in [0.5, 0.6) is 5.75 Å². The van der Waals surface area contributed by atoms with E-state index in [2.05, 4.69) is 21.2 Å². The highest BCUT2D eigenvalue weighted by molar-refractivity contribution is 9.10. The van der Waals surface area contributed by atoms with Crippen LogP contribution in [0.25, 0.3) is 0 Å². The largest absolute Gasteiger partial charge is 0.484 e.